The molecule has 4 rings (SSSR count). The van der Waals surface area contributed by atoms with Crippen molar-refractivity contribution in [2.24, 2.45) is 5.73 Å². The van der Waals surface area contributed by atoms with Crippen LogP contribution in [0, 0.1) is 11.6 Å². The van der Waals surface area contributed by atoms with Crippen molar-refractivity contribution in [3.8, 4) is 11.3 Å². The zero-order valence-electron chi connectivity index (χ0n) is 18.8. The minimum absolute atomic E-state index is 0. The molecule has 2 aromatic carbocycles. The number of hydrogen-bond acceptors (Lipinski definition) is 5. The molecular formula is C24H24Cl2F2N6O. The van der Waals surface area contributed by atoms with Gasteiger partial charge in [0, 0.05) is 35.8 Å². The summed E-state index contributed by atoms with van der Waals surface area (Å²) in [6.07, 6.45) is 5.95. The Morgan fingerprint density at radius 3 is 2.71 bits per heavy atom. The van der Waals surface area contributed by atoms with Crippen LogP contribution in [-0.2, 0) is 6.42 Å². The van der Waals surface area contributed by atoms with Gasteiger partial charge >= 0.3 is 0 Å². The van der Waals surface area contributed by atoms with E-state index in [0.29, 0.717) is 54.3 Å². The summed E-state index contributed by atoms with van der Waals surface area (Å²) in [7, 11) is 0. The molecule has 2 aromatic heterocycles. The number of benzene rings is 2. The fourth-order valence-corrected chi connectivity index (χ4v) is 3.80. The molecule has 11 heteroatoms. The van der Waals surface area contributed by atoms with Gasteiger partial charge in [-0.2, -0.15) is 0 Å². The topological polar surface area (TPSA) is 97.3 Å². The minimum atomic E-state index is -1.11. The number of aromatic nitrogens is 3. The molecule has 0 aliphatic rings. The fraction of sp³-hybridized carbons (Fsp3) is 0.208. The second kappa shape index (κ2) is 11.4. The van der Waals surface area contributed by atoms with Gasteiger partial charge in [0.15, 0.2) is 23.1 Å². The first-order valence-electron chi connectivity index (χ1n) is 10.8. The Morgan fingerprint density at radius 1 is 1.17 bits per heavy atom. The van der Waals surface area contributed by atoms with Crippen LogP contribution < -0.4 is 16.4 Å². The third kappa shape index (κ3) is 5.37. The van der Waals surface area contributed by atoms with Crippen LogP contribution in [0.3, 0.4) is 0 Å². The highest BCUT2D eigenvalue weighted by molar-refractivity contribution is 6.30. The summed E-state index contributed by atoms with van der Waals surface area (Å²) in [5, 5.41) is 5.79. The molecule has 0 radical (unpaired) electrons. The van der Waals surface area contributed by atoms with Crippen LogP contribution in [0.25, 0.3) is 16.9 Å². The summed E-state index contributed by atoms with van der Waals surface area (Å²) in [5.74, 6) is -1.88. The van der Waals surface area contributed by atoms with Crippen molar-refractivity contribution in [3.63, 3.8) is 0 Å². The molecule has 0 aliphatic carbocycles. The molecule has 0 spiro atoms. The van der Waals surface area contributed by atoms with E-state index >= 15 is 0 Å². The van der Waals surface area contributed by atoms with Gasteiger partial charge in [-0.3, -0.25) is 9.20 Å². The first-order valence-corrected chi connectivity index (χ1v) is 11.2. The summed E-state index contributed by atoms with van der Waals surface area (Å²) >= 11 is 5.68. The van der Waals surface area contributed by atoms with E-state index in [4.69, 9.17) is 17.3 Å². The molecule has 35 heavy (non-hydrogen) atoms. The molecule has 184 valence electrons. The first-order chi connectivity index (χ1) is 16.4. The highest BCUT2D eigenvalue weighted by atomic mass is 35.5. The Hall–Kier alpha value is -3.27. The monoisotopic (exact) mass is 520 g/mol. The van der Waals surface area contributed by atoms with Crippen LogP contribution in [0.15, 0.2) is 48.9 Å². The van der Waals surface area contributed by atoms with Gasteiger partial charge in [-0.05, 0) is 55.3 Å². The molecule has 0 bridgehead atoms. The van der Waals surface area contributed by atoms with Crippen LogP contribution in [0.2, 0.25) is 5.02 Å². The summed E-state index contributed by atoms with van der Waals surface area (Å²) < 4.78 is 30.1. The summed E-state index contributed by atoms with van der Waals surface area (Å²) in [4.78, 5) is 21.2. The first kappa shape index (κ1) is 26.3. The molecule has 0 unspecified atom stereocenters. The van der Waals surface area contributed by atoms with Gasteiger partial charge in [-0.15, -0.1) is 12.4 Å². The molecule has 7 nitrogen and oxygen atoms in total. The molecule has 0 saturated carbocycles. The molecular weight excluding hydrogens is 497 g/mol. The second-order valence-electron chi connectivity index (χ2n) is 7.58. The number of rotatable bonds is 8. The number of amides is 1. The van der Waals surface area contributed by atoms with Crippen LogP contribution in [0.1, 0.15) is 29.3 Å². The minimum Gasteiger partial charge on any atom is -0.352 e. The average Bonchev–Trinajstić information content (AvgIpc) is 3.27. The normalized spacial score (nSPS) is 10.8. The number of nitrogens with one attached hydrogen (secondary N) is 2. The standard InChI is InChI=1S/C24H23ClF2N6O.ClH/c1-2-14-12-15(4-5-16(14)24(34)30-9-3-8-28)32-22-23-31-13-19(33(23)11-10-29-22)17-6-7-18(25)21(27)20(17)26;/h4-7,10-13H,2-3,8-9,28H2,1H3,(H,29,32)(H,30,34);1H. The van der Waals surface area contributed by atoms with E-state index in [0.717, 1.165) is 5.56 Å². The average molecular weight is 521 g/mol. The highest BCUT2D eigenvalue weighted by Gasteiger charge is 2.18. The van der Waals surface area contributed by atoms with Gasteiger partial charge in [0.25, 0.3) is 5.91 Å². The van der Waals surface area contributed by atoms with Crippen LogP contribution in [0.5, 0.6) is 0 Å². The molecule has 4 aromatic rings. The van der Waals surface area contributed by atoms with E-state index in [1.807, 2.05) is 13.0 Å². The van der Waals surface area contributed by atoms with Crippen molar-refractivity contribution in [2.75, 3.05) is 18.4 Å². The number of halogens is 4. The number of nitrogens with two attached hydrogens (primary N) is 1. The van der Waals surface area contributed by atoms with Gasteiger partial charge in [0.2, 0.25) is 0 Å². The van der Waals surface area contributed by atoms with Gasteiger partial charge in [-0.25, -0.2) is 18.7 Å². The molecule has 2 heterocycles. The lowest BCUT2D eigenvalue weighted by Crippen LogP contribution is -2.26. The van der Waals surface area contributed by atoms with E-state index in [9.17, 15) is 13.6 Å². The lowest BCUT2D eigenvalue weighted by atomic mass is 10.0. The molecule has 4 N–H and O–H groups in total. The maximum Gasteiger partial charge on any atom is 0.251 e. The number of nitrogens with zero attached hydrogens (tertiary/aromatic N) is 3. The van der Waals surface area contributed by atoms with Crippen molar-refractivity contribution in [1.82, 2.24) is 19.7 Å². The Labute approximate surface area is 212 Å². The fourth-order valence-electron chi connectivity index (χ4n) is 3.65. The summed E-state index contributed by atoms with van der Waals surface area (Å²) in [6.45, 7) is 3.00. The Balaban J connectivity index is 0.00000342. The van der Waals surface area contributed by atoms with E-state index < -0.39 is 11.6 Å². The number of fused-ring (bicyclic) bond motifs is 1. The third-order valence-electron chi connectivity index (χ3n) is 5.40. The predicted octanol–water partition coefficient (Wildman–Crippen LogP) is 5.13. The number of anilines is 2. The van der Waals surface area contributed by atoms with Gasteiger partial charge in [-0.1, -0.05) is 18.5 Å². The van der Waals surface area contributed by atoms with Crippen LogP contribution in [-0.4, -0.2) is 33.4 Å². The SMILES string of the molecule is CCc1cc(Nc2nccn3c(-c4ccc(Cl)c(F)c4F)cnc23)ccc1C(=O)NCCCN.Cl. The number of imidazole rings is 1. The second-order valence-corrected chi connectivity index (χ2v) is 7.99. The van der Waals surface area contributed by atoms with Gasteiger partial charge in [0.1, 0.15) is 0 Å². The molecule has 1 amide bonds. The molecule has 0 atom stereocenters. The predicted molar refractivity (Wildman–Crippen MR) is 136 cm³/mol. The Kier molecular flexibility index (Phi) is 8.61. The van der Waals surface area contributed by atoms with E-state index in [2.05, 4.69) is 20.6 Å². The number of carbonyl (C=O) groups excluding carboxylic acids is 1. The van der Waals surface area contributed by atoms with Crippen molar-refractivity contribution in [2.45, 2.75) is 19.8 Å². The summed E-state index contributed by atoms with van der Waals surface area (Å²) in [6, 6.07) is 8.11. The van der Waals surface area contributed by atoms with Crippen LogP contribution >= 0.6 is 24.0 Å². The lowest BCUT2D eigenvalue weighted by molar-refractivity contribution is 0.0952. The van der Waals surface area contributed by atoms with Crippen molar-refractivity contribution >= 4 is 47.1 Å². The molecule has 0 aliphatic heterocycles. The summed E-state index contributed by atoms with van der Waals surface area (Å²) in [5.41, 5.74) is 8.47. The molecule has 0 saturated heterocycles. The maximum atomic E-state index is 14.5. The molecule has 0 fully saturated rings. The zero-order valence-corrected chi connectivity index (χ0v) is 20.4. The van der Waals surface area contributed by atoms with E-state index in [1.54, 1.807) is 22.7 Å². The highest BCUT2D eigenvalue weighted by Crippen LogP contribution is 2.30. The largest absolute Gasteiger partial charge is 0.352 e. The Morgan fingerprint density at radius 2 is 1.97 bits per heavy atom. The van der Waals surface area contributed by atoms with E-state index in [-0.39, 0.29) is 28.9 Å². The zero-order chi connectivity index (χ0) is 24.2. The Bertz CT molecular complexity index is 1360. The van der Waals surface area contributed by atoms with Gasteiger partial charge in [0.05, 0.1) is 16.9 Å². The quantitative estimate of drug-likeness (QED) is 0.221. The lowest BCUT2D eigenvalue weighted by Gasteiger charge is -2.13. The number of aryl methyl sites for hydroxylation is 1. The maximum absolute atomic E-state index is 14.5. The van der Waals surface area contributed by atoms with Crippen LogP contribution in [0.4, 0.5) is 20.3 Å². The number of carbonyl (C=O) groups is 1. The van der Waals surface area contributed by atoms with Gasteiger partial charge < -0.3 is 16.4 Å². The van der Waals surface area contributed by atoms with Crippen molar-refractivity contribution in [1.29, 1.82) is 0 Å². The van der Waals surface area contributed by atoms with Crippen molar-refractivity contribution in [3.05, 3.63) is 76.7 Å². The van der Waals surface area contributed by atoms with E-state index in [1.165, 1.54) is 24.5 Å². The third-order valence-corrected chi connectivity index (χ3v) is 5.69. The number of hydrogen-bond donors (Lipinski definition) is 3. The smallest absolute Gasteiger partial charge is 0.251 e. The van der Waals surface area contributed by atoms with Crippen molar-refractivity contribution < 1.29 is 13.6 Å².